The second-order valence-corrected chi connectivity index (χ2v) is 8.95. The summed E-state index contributed by atoms with van der Waals surface area (Å²) in [5.41, 5.74) is 1.17. The highest BCUT2D eigenvalue weighted by Gasteiger charge is 2.11. The maximum absolute atomic E-state index is 3.63. The lowest BCUT2D eigenvalue weighted by Gasteiger charge is -2.20. The van der Waals surface area contributed by atoms with Gasteiger partial charge in [0.2, 0.25) is 0 Å². The van der Waals surface area contributed by atoms with Gasteiger partial charge in [0.1, 0.15) is 0 Å². The number of anilines is 1. The molecular formula is C18H21Br3N2S. The molecule has 24 heavy (non-hydrogen) atoms. The van der Waals surface area contributed by atoms with E-state index in [2.05, 4.69) is 101 Å². The molecule has 0 saturated carbocycles. The fourth-order valence-corrected chi connectivity index (χ4v) is 4.74. The normalized spacial score (nSPS) is 12.2. The van der Waals surface area contributed by atoms with Crippen LogP contribution in [0.5, 0.6) is 0 Å². The highest BCUT2D eigenvalue weighted by molar-refractivity contribution is 9.13. The van der Waals surface area contributed by atoms with Gasteiger partial charge in [-0.25, -0.2) is 0 Å². The molecule has 0 bridgehead atoms. The van der Waals surface area contributed by atoms with Crippen LogP contribution in [-0.4, -0.2) is 12.6 Å². The number of hydrogen-bond acceptors (Lipinski definition) is 3. The molecule has 1 unspecified atom stereocenters. The van der Waals surface area contributed by atoms with E-state index in [-0.39, 0.29) is 0 Å². The Labute approximate surface area is 174 Å². The van der Waals surface area contributed by atoms with Crippen LogP contribution in [0.2, 0.25) is 0 Å². The summed E-state index contributed by atoms with van der Waals surface area (Å²) in [4.78, 5) is 1.17. The molecule has 0 aliphatic carbocycles. The Kier molecular flexibility index (Phi) is 9.19. The first-order valence-corrected chi connectivity index (χ1v) is 11.2. The summed E-state index contributed by atoms with van der Waals surface area (Å²) in [5.74, 6) is 0. The maximum atomic E-state index is 3.63. The van der Waals surface area contributed by atoms with Crippen molar-refractivity contribution < 1.29 is 0 Å². The van der Waals surface area contributed by atoms with E-state index < -0.39 is 0 Å². The third-order valence-corrected chi connectivity index (χ3v) is 7.31. The van der Waals surface area contributed by atoms with Crippen molar-refractivity contribution in [2.75, 3.05) is 11.9 Å². The van der Waals surface area contributed by atoms with Crippen LogP contribution >= 0.6 is 59.7 Å². The van der Waals surface area contributed by atoms with E-state index in [9.17, 15) is 0 Å². The van der Waals surface area contributed by atoms with Gasteiger partial charge in [-0.2, -0.15) is 0 Å². The van der Waals surface area contributed by atoms with Crippen molar-refractivity contribution in [1.29, 1.82) is 0 Å². The largest absolute Gasteiger partial charge is 0.383 e. The molecule has 2 aromatic carbocycles. The fraction of sp³-hybridized carbons (Fsp3) is 0.333. The molecule has 6 heteroatoms. The summed E-state index contributed by atoms with van der Waals surface area (Å²) in [6, 6.07) is 15.0. The molecule has 2 rings (SSSR count). The summed E-state index contributed by atoms with van der Waals surface area (Å²) < 4.78 is 6.81. The van der Waals surface area contributed by atoms with Crippen LogP contribution in [0.4, 0.5) is 5.69 Å². The summed E-state index contributed by atoms with van der Waals surface area (Å²) >= 11 is 12.4. The van der Waals surface area contributed by atoms with Gasteiger partial charge in [-0.15, -0.1) is 0 Å². The van der Waals surface area contributed by atoms with Gasteiger partial charge in [0.05, 0.1) is 0 Å². The average Bonchev–Trinajstić information content (AvgIpc) is 2.59. The molecule has 0 amide bonds. The highest BCUT2D eigenvalue weighted by atomic mass is 79.9. The number of nitrogens with one attached hydrogen (secondary N) is 2. The SMILES string of the molecule is CCCCC(CNc1ccccc1)NSc1cc(Br)c(Br)cc1Br. The second kappa shape index (κ2) is 10.9. The molecule has 0 aliphatic heterocycles. The van der Waals surface area contributed by atoms with Gasteiger partial charge < -0.3 is 5.32 Å². The van der Waals surface area contributed by atoms with Crippen molar-refractivity contribution in [2.24, 2.45) is 0 Å². The standard InChI is InChI=1S/C18H21Br3N2S/c1-2-3-7-14(12-22-13-8-5-4-6-9-13)23-24-18-11-16(20)15(19)10-17(18)21/h4-6,8-11,14,22-23H,2-3,7,12H2,1H3. The Morgan fingerprint density at radius 3 is 2.42 bits per heavy atom. The van der Waals surface area contributed by atoms with Crippen molar-refractivity contribution in [3.63, 3.8) is 0 Å². The monoisotopic (exact) mass is 534 g/mol. The van der Waals surface area contributed by atoms with Crippen LogP contribution < -0.4 is 10.0 Å². The number of para-hydroxylation sites is 1. The minimum Gasteiger partial charge on any atom is -0.383 e. The van der Waals surface area contributed by atoms with Crippen molar-refractivity contribution >= 4 is 65.4 Å². The molecule has 2 nitrogen and oxygen atoms in total. The van der Waals surface area contributed by atoms with Crippen LogP contribution in [0, 0.1) is 0 Å². The molecule has 2 aromatic rings. The Morgan fingerprint density at radius 2 is 1.71 bits per heavy atom. The zero-order valence-corrected chi connectivity index (χ0v) is 19.1. The van der Waals surface area contributed by atoms with Crippen LogP contribution in [0.3, 0.4) is 0 Å². The number of benzene rings is 2. The minimum atomic E-state index is 0.407. The van der Waals surface area contributed by atoms with E-state index in [4.69, 9.17) is 0 Å². The van der Waals surface area contributed by atoms with Crippen molar-refractivity contribution in [3.8, 4) is 0 Å². The quantitative estimate of drug-likeness (QED) is 0.261. The molecule has 130 valence electrons. The molecular weight excluding hydrogens is 516 g/mol. The van der Waals surface area contributed by atoms with E-state index in [0.29, 0.717) is 6.04 Å². The number of unbranched alkanes of at least 4 members (excludes halogenated alkanes) is 1. The first kappa shape index (κ1) is 20.3. The lowest BCUT2D eigenvalue weighted by molar-refractivity contribution is 0.568. The van der Waals surface area contributed by atoms with Crippen LogP contribution in [0.25, 0.3) is 0 Å². The smallest absolute Gasteiger partial charge is 0.0382 e. The van der Waals surface area contributed by atoms with E-state index in [1.807, 2.05) is 6.07 Å². The second-order valence-electron chi connectivity index (χ2n) is 5.50. The Morgan fingerprint density at radius 1 is 1.00 bits per heavy atom. The van der Waals surface area contributed by atoms with Crippen LogP contribution in [-0.2, 0) is 0 Å². The first-order valence-electron chi connectivity index (χ1n) is 7.96. The summed E-state index contributed by atoms with van der Waals surface area (Å²) in [7, 11) is 0. The Bertz CT molecular complexity index is 638. The predicted molar refractivity (Wildman–Crippen MR) is 117 cm³/mol. The number of hydrogen-bond donors (Lipinski definition) is 2. The average molecular weight is 537 g/mol. The topological polar surface area (TPSA) is 24.1 Å². The Hall–Kier alpha value is -0.0100. The molecule has 0 spiro atoms. The van der Waals surface area contributed by atoms with Crippen molar-refractivity contribution in [2.45, 2.75) is 37.1 Å². The first-order chi connectivity index (χ1) is 11.6. The molecule has 0 saturated heterocycles. The van der Waals surface area contributed by atoms with Gasteiger partial charge in [-0.05, 0) is 90.4 Å². The van der Waals surface area contributed by atoms with Gasteiger partial charge in [0, 0.05) is 36.6 Å². The lowest BCUT2D eigenvalue weighted by atomic mass is 10.1. The molecule has 0 aromatic heterocycles. The zero-order valence-electron chi connectivity index (χ0n) is 13.5. The zero-order chi connectivity index (χ0) is 17.4. The van der Waals surface area contributed by atoms with E-state index in [0.717, 1.165) is 26.4 Å². The molecule has 2 N–H and O–H groups in total. The Balaban J connectivity index is 1.94. The summed E-state index contributed by atoms with van der Waals surface area (Å²) in [6.07, 6.45) is 3.58. The molecule has 0 aliphatic rings. The van der Waals surface area contributed by atoms with Crippen LogP contribution in [0.1, 0.15) is 26.2 Å². The number of halogens is 3. The molecule has 1 atom stereocenters. The highest BCUT2D eigenvalue weighted by Crippen LogP contribution is 2.34. The summed E-state index contributed by atoms with van der Waals surface area (Å²) in [5, 5.41) is 3.52. The predicted octanol–water partition coefficient (Wildman–Crippen LogP) is 7.24. The van der Waals surface area contributed by atoms with E-state index in [1.165, 1.54) is 23.4 Å². The lowest BCUT2D eigenvalue weighted by Crippen LogP contribution is -2.31. The maximum Gasteiger partial charge on any atom is 0.0382 e. The molecule has 0 fully saturated rings. The fourth-order valence-electron chi connectivity index (χ4n) is 2.18. The van der Waals surface area contributed by atoms with Crippen molar-refractivity contribution in [1.82, 2.24) is 4.72 Å². The van der Waals surface area contributed by atoms with Gasteiger partial charge in [0.15, 0.2) is 0 Å². The van der Waals surface area contributed by atoms with Gasteiger partial charge in [-0.3, -0.25) is 4.72 Å². The van der Waals surface area contributed by atoms with Gasteiger partial charge in [0.25, 0.3) is 0 Å². The number of rotatable bonds is 9. The molecule has 0 radical (unpaired) electrons. The van der Waals surface area contributed by atoms with Crippen LogP contribution in [0.15, 0.2) is 60.8 Å². The van der Waals surface area contributed by atoms with Gasteiger partial charge in [-0.1, -0.05) is 38.0 Å². The van der Waals surface area contributed by atoms with Gasteiger partial charge >= 0.3 is 0 Å². The minimum absolute atomic E-state index is 0.407. The molecule has 0 heterocycles. The third-order valence-electron chi connectivity index (χ3n) is 3.54. The third kappa shape index (κ3) is 6.71. The van der Waals surface area contributed by atoms with E-state index in [1.54, 1.807) is 11.9 Å². The summed E-state index contributed by atoms with van der Waals surface area (Å²) in [6.45, 7) is 3.14. The van der Waals surface area contributed by atoms with Crippen molar-refractivity contribution in [3.05, 3.63) is 55.9 Å². The van der Waals surface area contributed by atoms with E-state index >= 15 is 0 Å².